The van der Waals surface area contributed by atoms with Crippen molar-refractivity contribution in [2.75, 3.05) is 0 Å². The highest BCUT2D eigenvalue weighted by Gasteiger charge is 2.24. The van der Waals surface area contributed by atoms with E-state index >= 15 is 0 Å². The lowest BCUT2D eigenvalue weighted by Crippen LogP contribution is -2.30. The Kier molecular flexibility index (Phi) is 40.4. The van der Waals surface area contributed by atoms with Gasteiger partial charge in [-0.05, 0) is 117 Å². The second kappa shape index (κ2) is 46.0. The highest BCUT2D eigenvalue weighted by atomic mass is 16.3. The van der Waals surface area contributed by atoms with E-state index in [9.17, 15) is 0 Å². The summed E-state index contributed by atoms with van der Waals surface area (Å²) < 4.78 is 32.8. The van der Waals surface area contributed by atoms with Crippen molar-refractivity contribution >= 4 is 88.0 Å². The first-order valence-corrected chi connectivity index (χ1v) is 35.9. The minimum absolute atomic E-state index is 0. The van der Waals surface area contributed by atoms with Gasteiger partial charge in [0.05, 0.1) is 28.5 Å². The summed E-state index contributed by atoms with van der Waals surface area (Å²) in [6.07, 6.45) is 19.0. The third kappa shape index (κ3) is 19.9. The highest BCUT2D eigenvalue weighted by Crippen LogP contribution is 2.40. The van der Waals surface area contributed by atoms with Crippen LogP contribution in [0, 0.1) is 27.7 Å². The van der Waals surface area contributed by atoms with Gasteiger partial charge in [-0.25, -0.2) is 23.3 Å². The number of hydrogen-bond donors (Lipinski definition) is 0. The number of nitrogens with zero attached hydrogens (tertiary/aromatic N) is 8. The number of aromatic nitrogens is 8. The van der Waals surface area contributed by atoms with E-state index < -0.39 is 0 Å². The molecule has 4 aromatic carbocycles. The molecule has 0 spiro atoms. The molecule has 0 radical (unpaired) electrons. The monoisotopic (exact) mass is 1400 g/mol. The van der Waals surface area contributed by atoms with Crippen LogP contribution in [0.25, 0.3) is 133 Å². The van der Waals surface area contributed by atoms with Crippen LogP contribution in [-0.4, -0.2) is 19.9 Å². The van der Waals surface area contributed by atoms with Crippen LogP contribution < -0.4 is 18.3 Å². The van der Waals surface area contributed by atoms with Gasteiger partial charge in [0.25, 0.3) is 0 Å². The van der Waals surface area contributed by atoms with E-state index in [1.54, 1.807) is 31.0 Å². The minimum Gasteiger partial charge on any atom is -0.455 e. The van der Waals surface area contributed by atoms with Gasteiger partial charge in [0, 0.05) is 117 Å². The van der Waals surface area contributed by atoms with Crippen molar-refractivity contribution in [1.82, 2.24) is 19.9 Å². The van der Waals surface area contributed by atoms with Crippen molar-refractivity contribution < 1.29 is 35.9 Å². The lowest BCUT2D eigenvalue weighted by molar-refractivity contribution is -0.660. The van der Waals surface area contributed by atoms with E-state index in [0.717, 1.165) is 127 Å². The van der Waals surface area contributed by atoms with Crippen molar-refractivity contribution in [2.24, 2.45) is 28.2 Å². The van der Waals surface area contributed by atoms with Gasteiger partial charge in [-0.1, -0.05) is 183 Å². The van der Waals surface area contributed by atoms with Crippen LogP contribution in [0.4, 0.5) is 0 Å². The number of aryl methyl sites for hydroxylation is 8. The van der Waals surface area contributed by atoms with E-state index in [4.69, 9.17) is 17.7 Å². The molecule has 0 saturated carbocycles. The molecule has 0 N–H and O–H groups in total. The van der Waals surface area contributed by atoms with Gasteiger partial charge >= 0.3 is 0 Å². The largest absolute Gasteiger partial charge is 0.455 e. The summed E-state index contributed by atoms with van der Waals surface area (Å²) >= 11 is 0. The van der Waals surface area contributed by atoms with Crippen LogP contribution in [0.2, 0.25) is 0 Å². The number of rotatable bonds is 4. The normalized spacial score (nSPS) is 9.62. The lowest BCUT2D eigenvalue weighted by Gasteiger charge is -2.04. The first-order valence-electron chi connectivity index (χ1n) is 35.9. The van der Waals surface area contributed by atoms with Crippen molar-refractivity contribution in [2.45, 2.75) is 168 Å². The SMILES string of the molecule is C.C.C.C.CC.CC.CC.CC.CC.CC.CC.CC.Cc1ccc2c(oc3cccnc32)c1-c1cccc[n+]1C.Cc1ccc2c(oc3ccncc32)c1-c1cccc[n+]1C.Cc1ccc2c(oc3cnccc32)c1-c1cccc[n+]1C.Cc1ccc2c(oc3ncccc32)c1-c1cccc[n+]1C. The summed E-state index contributed by atoms with van der Waals surface area (Å²) in [4.78, 5) is 17.2. The van der Waals surface area contributed by atoms with Crippen molar-refractivity contribution in [3.05, 3.63) is 242 Å². The van der Waals surface area contributed by atoms with E-state index in [-0.39, 0.29) is 29.7 Å². The maximum atomic E-state index is 6.12. The Bertz CT molecular complexity index is 4530. The molecule has 12 aromatic heterocycles. The molecule has 0 amide bonds. The fourth-order valence-electron chi connectivity index (χ4n) is 11.5. The number of pyridine rings is 8. The summed E-state index contributed by atoms with van der Waals surface area (Å²) in [5.41, 5.74) is 21.8. The van der Waals surface area contributed by atoms with Gasteiger partial charge in [-0.2, -0.15) is 0 Å². The van der Waals surface area contributed by atoms with Gasteiger partial charge < -0.3 is 17.7 Å². The molecule has 0 fully saturated rings. The topological polar surface area (TPSA) is 120 Å². The summed E-state index contributed by atoms with van der Waals surface area (Å²) in [5, 5.41) is 7.66. The van der Waals surface area contributed by atoms with Crippen LogP contribution in [-0.2, 0) is 28.2 Å². The third-order valence-electron chi connectivity index (χ3n) is 15.8. The van der Waals surface area contributed by atoms with Gasteiger partial charge in [0.1, 0.15) is 50.5 Å². The molecule has 0 saturated heterocycles. The Labute approximate surface area is 623 Å². The Morgan fingerprint density at radius 2 is 0.596 bits per heavy atom. The molecule has 12 heteroatoms. The second-order valence-corrected chi connectivity index (χ2v) is 21.2. The summed E-state index contributed by atoms with van der Waals surface area (Å²) in [5.74, 6) is 0. The van der Waals surface area contributed by atoms with Gasteiger partial charge in [-0.3, -0.25) is 15.0 Å². The molecule has 16 aromatic rings. The summed E-state index contributed by atoms with van der Waals surface area (Å²) in [6.45, 7) is 40.5. The zero-order valence-electron chi connectivity index (χ0n) is 64.0. The standard InChI is InChI=1S/4C18H15N2O.8C2H6.4CH4/c1-12-8-9-13-14-6-5-10-19-18(14)21-17(13)16(12)15-7-3-4-11-20(15)2;1-12-8-9-13-17-15(7-5-10-19-17)21-18(13)16(12)14-6-3-4-11-20(14)2;1-12-6-7-14-13-8-9-19-11-16(13)21-18(14)17(12)15-5-3-4-10-20(15)2;1-12-6-7-13-14-11-19-9-8-16(14)21-18(13)17(12)15-5-3-4-10-20(15)2;8*1-2;;;;/h4*3-11H,1-2H3;8*1-2H3;4*1H4/q4*+1;;;;;;;;;;;;. The zero-order chi connectivity index (χ0) is 73.6. The third-order valence-corrected chi connectivity index (χ3v) is 15.8. The molecule has 104 heavy (non-hydrogen) atoms. The molecule has 0 unspecified atom stereocenters. The van der Waals surface area contributed by atoms with E-state index in [1.165, 1.54) is 22.3 Å². The Morgan fingerprint density at radius 3 is 1.03 bits per heavy atom. The van der Waals surface area contributed by atoms with Crippen molar-refractivity contribution in [1.29, 1.82) is 0 Å². The average Bonchev–Trinajstić information content (AvgIpc) is 1.62. The fourth-order valence-corrected chi connectivity index (χ4v) is 11.5. The zero-order valence-corrected chi connectivity index (χ0v) is 64.0. The van der Waals surface area contributed by atoms with Crippen LogP contribution in [0.1, 0.15) is 163 Å². The van der Waals surface area contributed by atoms with E-state index in [0.29, 0.717) is 5.71 Å². The molecule has 0 atom stereocenters. The fraction of sp³-hybridized carbons (Fsp3) is 0.304. The molecule has 0 aliphatic rings. The van der Waals surface area contributed by atoms with Crippen molar-refractivity contribution in [3.8, 4) is 45.0 Å². The molecule has 12 nitrogen and oxygen atoms in total. The molecule has 12 heterocycles. The average molecular weight is 1410 g/mol. The molecular formula is C92H124N8O4+4. The van der Waals surface area contributed by atoms with Crippen LogP contribution in [0.15, 0.2) is 237 Å². The first kappa shape index (κ1) is 91.3. The van der Waals surface area contributed by atoms with E-state index in [1.807, 2.05) is 172 Å². The Hall–Kier alpha value is -10.7. The smallest absolute Gasteiger partial charge is 0.227 e. The number of furan rings is 4. The quantitative estimate of drug-likeness (QED) is 0.160. The minimum atomic E-state index is 0. The summed E-state index contributed by atoms with van der Waals surface area (Å²) in [6, 6.07) is 53.6. The Balaban J connectivity index is 0.000000642. The molecule has 552 valence electrons. The van der Waals surface area contributed by atoms with Crippen molar-refractivity contribution in [3.63, 3.8) is 0 Å². The Morgan fingerprint density at radius 1 is 0.260 bits per heavy atom. The maximum absolute atomic E-state index is 6.12. The predicted molar refractivity (Wildman–Crippen MR) is 449 cm³/mol. The van der Waals surface area contributed by atoms with Gasteiger partial charge in [-0.15, -0.1) is 0 Å². The number of benzene rings is 4. The van der Waals surface area contributed by atoms with Crippen LogP contribution >= 0.6 is 0 Å². The molecule has 0 aliphatic heterocycles. The number of hydrogen-bond acceptors (Lipinski definition) is 8. The van der Waals surface area contributed by atoms with Crippen LogP contribution in [0.5, 0.6) is 0 Å². The van der Waals surface area contributed by atoms with E-state index in [2.05, 4.69) is 222 Å². The van der Waals surface area contributed by atoms with Crippen LogP contribution in [0.3, 0.4) is 0 Å². The molecule has 0 aliphatic carbocycles. The van der Waals surface area contributed by atoms with Gasteiger partial charge in [0.2, 0.25) is 28.5 Å². The number of fused-ring (bicyclic) bond motifs is 12. The molecule has 16 rings (SSSR count). The summed E-state index contributed by atoms with van der Waals surface area (Å²) in [7, 11) is 8.21. The van der Waals surface area contributed by atoms with Gasteiger partial charge in [0.15, 0.2) is 47.1 Å². The predicted octanol–water partition coefficient (Wildman–Crippen LogP) is 25.9. The lowest BCUT2D eigenvalue weighted by atomic mass is 10.0. The second-order valence-electron chi connectivity index (χ2n) is 21.2. The highest BCUT2D eigenvalue weighted by molar-refractivity contribution is 6.12. The molecular weight excluding hydrogens is 1280 g/mol. The first-order chi connectivity index (χ1) is 49.0. The molecule has 0 bridgehead atoms. The maximum Gasteiger partial charge on any atom is 0.227 e.